The zero-order valence-corrected chi connectivity index (χ0v) is 13.4. The molecule has 1 unspecified atom stereocenters. The van der Waals surface area contributed by atoms with E-state index in [1.165, 1.54) is 11.3 Å². The fourth-order valence-corrected chi connectivity index (χ4v) is 3.20. The minimum absolute atomic E-state index is 0.0154. The molecule has 23 heavy (non-hydrogen) atoms. The van der Waals surface area contributed by atoms with Crippen LogP contribution < -0.4 is 5.32 Å². The van der Waals surface area contributed by atoms with Crippen molar-refractivity contribution < 1.29 is 9.59 Å². The number of hydrogen-bond donors (Lipinski definition) is 2. The van der Waals surface area contributed by atoms with E-state index in [4.69, 9.17) is 0 Å². The maximum atomic E-state index is 12.3. The quantitative estimate of drug-likeness (QED) is 0.860. The van der Waals surface area contributed by atoms with E-state index in [9.17, 15) is 9.59 Å². The monoisotopic (exact) mass is 334 g/mol. The first-order chi connectivity index (χ1) is 11.2. The summed E-state index contributed by atoms with van der Waals surface area (Å²) < 4.78 is 0. The SMILES string of the molecule is O=C(CCC(=O)N1CCCC(c2ccn[nH]2)C1)Nc1nncs1. The van der Waals surface area contributed by atoms with E-state index in [0.29, 0.717) is 17.6 Å². The molecule has 1 fully saturated rings. The van der Waals surface area contributed by atoms with Crippen molar-refractivity contribution in [3.8, 4) is 0 Å². The van der Waals surface area contributed by atoms with Crippen molar-refractivity contribution in [3.05, 3.63) is 23.5 Å². The first kappa shape index (κ1) is 15.6. The Morgan fingerprint density at radius 3 is 3.09 bits per heavy atom. The second-order valence-electron chi connectivity index (χ2n) is 5.48. The molecule has 2 aromatic rings. The number of nitrogens with zero attached hydrogens (tertiary/aromatic N) is 4. The van der Waals surface area contributed by atoms with Gasteiger partial charge in [-0.1, -0.05) is 11.3 Å². The van der Waals surface area contributed by atoms with Crippen molar-refractivity contribution in [1.82, 2.24) is 25.3 Å². The number of anilines is 1. The van der Waals surface area contributed by atoms with Gasteiger partial charge in [0.2, 0.25) is 16.9 Å². The minimum Gasteiger partial charge on any atom is -0.342 e. The summed E-state index contributed by atoms with van der Waals surface area (Å²) in [6.45, 7) is 1.43. The Balaban J connectivity index is 1.47. The Morgan fingerprint density at radius 2 is 2.35 bits per heavy atom. The second-order valence-corrected chi connectivity index (χ2v) is 6.32. The second kappa shape index (κ2) is 7.32. The molecule has 2 aromatic heterocycles. The van der Waals surface area contributed by atoms with Crippen LogP contribution in [0.4, 0.5) is 5.13 Å². The van der Waals surface area contributed by atoms with Gasteiger partial charge >= 0.3 is 0 Å². The van der Waals surface area contributed by atoms with Gasteiger partial charge in [0.05, 0.1) is 0 Å². The number of H-pyrrole nitrogens is 1. The van der Waals surface area contributed by atoms with Gasteiger partial charge in [0.25, 0.3) is 0 Å². The third-order valence-corrected chi connectivity index (χ3v) is 4.52. The van der Waals surface area contributed by atoms with Gasteiger partial charge in [-0.3, -0.25) is 14.7 Å². The largest absolute Gasteiger partial charge is 0.342 e. The van der Waals surface area contributed by atoms with Gasteiger partial charge in [-0.25, -0.2) is 0 Å². The smallest absolute Gasteiger partial charge is 0.226 e. The van der Waals surface area contributed by atoms with E-state index in [1.807, 2.05) is 11.0 Å². The van der Waals surface area contributed by atoms with Gasteiger partial charge in [-0.2, -0.15) is 5.10 Å². The van der Waals surface area contributed by atoms with E-state index in [-0.39, 0.29) is 24.7 Å². The van der Waals surface area contributed by atoms with Crippen molar-refractivity contribution in [1.29, 1.82) is 0 Å². The summed E-state index contributed by atoms with van der Waals surface area (Å²) in [7, 11) is 0. The molecule has 0 radical (unpaired) electrons. The molecule has 2 amide bonds. The van der Waals surface area contributed by atoms with E-state index < -0.39 is 0 Å². The molecule has 0 saturated carbocycles. The lowest BCUT2D eigenvalue weighted by Gasteiger charge is -2.32. The van der Waals surface area contributed by atoms with Crippen LogP contribution in [0.15, 0.2) is 17.8 Å². The molecule has 0 aliphatic carbocycles. The number of nitrogens with one attached hydrogen (secondary N) is 2. The normalized spacial score (nSPS) is 17.9. The number of likely N-dealkylation sites (tertiary alicyclic amines) is 1. The summed E-state index contributed by atoms with van der Waals surface area (Å²) in [4.78, 5) is 25.9. The van der Waals surface area contributed by atoms with Crippen LogP contribution in [0.2, 0.25) is 0 Å². The zero-order valence-electron chi connectivity index (χ0n) is 12.6. The molecule has 0 aromatic carbocycles. The molecular formula is C14H18N6O2S. The molecule has 9 heteroatoms. The molecule has 1 aliphatic rings. The summed E-state index contributed by atoms with van der Waals surface area (Å²) in [6.07, 6.45) is 4.10. The number of carbonyl (C=O) groups is 2. The van der Waals surface area contributed by atoms with Crippen molar-refractivity contribution in [3.63, 3.8) is 0 Å². The van der Waals surface area contributed by atoms with Gasteiger partial charge in [0, 0.05) is 43.7 Å². The highest BCUT2D eigenvalue weighted by Crippen LogP contribution is 2.25. The predicted octanol–water partition coefficient (Wildman–Crippen LogP) is 1.39. The molecule has 1 aliphatic heterocycles. The van der Waals surface area contributed by atoms with Crippen LogP contribution in [0.1, 0.15) is 37.3 Å². The van der Waals surface area contributed by atoms with Crippen molar-refractivity contribution in [2.24, 2.45) is 0 Å². The summed E-state index contributed by atoms with van der Waals surface area (Å²) in [5.41, 5.74) is 2.61. The molecule has 8 nitrogen and oxygen atoms in total. The van der Waals surface area contributed by atoms with Crippen LogP contribution in [-0.2, 0) is 9.59 Å². The maximum absolute atomic E-state index is 12.3. The van der Waals surface area contributed by atoms with Gasteiger partial charge in [-0.05, 0) is 18.9 Å². The van der Waals surface area contributed by atoms with Crippen LogP contribution >= 0.6 is 11.3 Å². The number of rotatable bonds is 5. The predicted molar refractivity (Wildman–Crippen MR) is 84.9 cm³/mol. The molecule has 0 bridgehead atoms. The summed E-state index contributed by atoms with van der Waals surface area (Å²) in [5, 5.41) is 17.4. The highest BCUT2D eigenvalue weighted by Gasteiger charge is 2.25. The third kappa shape index (κ3) is 4.13. The lowest BCUT2D eigenvalue weighted by molar-refractivity contribution is -0.134. The average Bonchev–Trinajstić information content (AvgIpc) is 3.26. The summed E-state index contributed by atoms with van der Waals surface area (Å²) in [6, 6.07) is 1.95. The van der Waals surface area contributed by atoms with Gasteiger partial charge < -0.3 is 10.2 Å². The molecule has 122 valence electrons. The van der Waals surface area contributed by atoms with Gasteiger partial charge in [-0.15, -0.1) is 10.2 Å². The topological polar surface area (TPSA) is 104 Å². The van der Waals surface area contributed by atoms with Crippen LogP contribution in [0.25, 0.3) is 0 Å². The molecule has 3 rings (SSSR count). The highest BCUT2D eigenvalue weighted by atomic mass is 32.1. The zero-order chi connectivity index (χ0) is 16.1. The van der Waals surface area contributed by atoms with Crippen LogP contribution in [0.3, 0.4) is 0 Å². The Morgan fingerprint density at radius 1 is 1.43 bits per heavy atom. The van der Waals surface area contributed by atoms with E-state index in [0.717, 1.165) is 25.1 Å². The number of aromatic amines is 1. The lowest BCUT2D eigenvalue weighted by atomic mass is 9.94. The Hall–Kier alpha value is -2.29. The minimum atomic E-state index is -0.211. The maximum Gasteiger partial charge on any atom is 0.226 e. The number of carbonyl (C=O) groups excluding carboxylic acids is 2. The van der Waals surface area contributed by atoms with E-state index in [1.54, 1.807) is 11.7 Å². The van der Waals surface area contributed by atoms with Gasteiger partial charge in [0.15, 0.2) is 0 Å². The first-order valence-corrected chi connectivity index (χ1v) is 8.43. The van der Waals surface area contributed by atoms with Crippen molar-refractivity contribution in [2.45, 2.75) is 31.6 Å². The third-order valence-electron chi connectivity index (χ3n) is 3.91. The van der Waals surface area contributed by atoms with Crippen molar-refractivity contribution >= 4 is 28.3 Å². The number of hydrogen-bond acceptors (Lipinski definition) is 6. The Labute approximate surface area is 137 Å². The molecule has 1 atom stereocenters. The molecule has 0 spiro atoms. The summed E-state index contributed by atoms with van der Waals surface area (Å²) >= 11 is 1.25. The van der Waals surface area contributed by atoms with Gasteiger partial charge in [0.1, 0.15) is 5.51 Å². The highest BCUT2D eigenvalue weighted by molar-refractivity contribution is 7.13. The standard InChI is InChI=1S/C14H18N6O2S/c21-12(17-14-19-16-9-23-14)3-4-13(22)20-7-1-2-10(8-20)11-5-6-15-18-11/h5-6,9-10H,1-4,7-8H2,(H,15,18)(H,17,19,21). The van der Waals surface area contributed by atoms with E-state index >= 15 is 0 Å². The molecule has 2 N–H and O–H groups in total. The Kier molecular flexibility index (Phi) is 4.96. The number of amides is 2. The van der Waals surface area contributed by atoms with Crippen LogP contribution in [0.5, 0.6) is 0 Å². The first-order valence-electron chi connectivity index (χ1n) is 7.55. The number of piperidine rings is 1. The Bertz CT molecular complexity index is 642. The van der Waals surface area contributed by atoms with Crippen LogP contribution in [-0.4, -0.2) is 50.2 Å². The molecule has 3 heterocycles. The number of aromatic nitrogens is 4. The van der Waals surface area contributed by atoms with Crippen LogP contribution in [0, 0.1) is 0 Å². The summed E-state index contributed by atoms with van der Waals surface area (Å²) in [5.74, 6) is 0.101. The lowest BCUT2D eigenvalue weighted by Crippen LogP contribution is -2.39. The fourth-order valence-electron chi connectivity index (χ4n) is 2.74. The fraction of sp³-hybridized carbons (Fsp3) is 0.500. The van der Waals surface area contributed by atoms with E-state index in [2.05, 4.69) is 25.7 Å². The average molecular weight is 334 g/mol. The van der Waals surface area contributed by atoms with Crippen molar-refractivity contribution in [2.75, 3.05) is 18.4 Å². The molecule has 1 saturated heterocycles. The molecular weight excluding hydrogens is 316 g/mol.